The number of benzene rings is 1. The molecule has 0 radical (unpaired) electrons. The van der Waals surface area contributed by atoms with Crippen molar-refractivity contribution in [3.05, 3.63) is 29.8 Å². The Morgan fingerprint density at radius 3 is 2.35 bits per heavy atom. The van der Waals surface area contributed by atoms with Gasteiger partial charge in [-0.25, -0.2) is 0 Å². The van der Waals surface area contributed by atoms with Crippen molar-refractivity contribution in [1.82, 2.24) is 4.90 Å². The van der Waals surface area contributed by atoms with Crippen molar-refractivity contribution >= 4 is 29.0 Å². The van der Waals surface area contributed by atoms with E-state index in [0.29, 0.717) is 4.99 Å². The predicted octanol–water partition coefficient (Wildman–Crippen LogP) is 3.43. The summed E-state index contributed by atoms with van der Waals surface area (Å²) in [6.45, 7) is 2.65. The largest absolute Gasteiger partial charge is 0.389 e. The lowest BCUT2D eigenvalue weighted by Crippen LogP contribution is -2.48. The zero-order chi connectivity index (χ0) is 13.9. The van der Waals surface area contributed by atoms with Gasteiger partial charge in [-0.2, -0.15) is 0 Å². The summed E-state index contributed by atoms with van der Waals surface area (Å²) in [4.78, 5) is 4.53. The lowest BCUT2D eigenvalue weighted by Gasteiger charge is -2.44. The molecular weight excluding hydrogens is 284 g/mol. The van der Waals surface area contributed by atoms with Crippen LogP contribution in [0.15, 0.2) is 29.2 Å². The summed E-state index contributed by atoms with van der Waals surface area (Å²) in [7, 11) is 0. The van der Waals surface area contributed by atoms with E-state index in [-0.39, 0.29) is 0 Å². The highest BCUT2D eigenvalue weighted by Crippen LogP contribution is 2.39. The van der Waals surface area contributed by atoms with Crippen LogP contribution in [0.3, 0.4) is 0 Å². The summed E-state index contributed by atoms with van der Waals surface area (Å²) in [5.41, 5.74) is 6.58. The van der Waals surface area contributed by atoms with Gasteiger partial charge in [-0.15, -0.1) is 11.8 Å². The Balaban J connectivity index is 1.47. The molecule has 2 aliphatic rings. The Bertz CT molecular complexity index is 460. The summed E-state index contributed by atoms with van der Waals surface area (Å²) in [5, 5.41) is 0.789. The maximum atomic E-state index is 5.62. The molecule has 1 saturated heterocycles. The number of likely N-dealkylation sites (tertiary alicyclic amines) is 1. The highest BCUT2D eigenvalue weighted by atomic mass is 32.2. The highest BCUT2D eigenvalue weighted by molar-refractivity contribution is 8.00. The monoisotopic (exact) mass is 306 g/mol. The standard InChI is InChI=1S/C16H22N2S2/c17-16(19)12-4-6-14(7-5-12)20-15-10-13(11-15)18-8-2-1-3-9-18/h4-7,13,15H,1-3,8-11H2,(H2,17,19). The fourth-order valence-corrected chi connectivity index (χ4v) is 4.56. The number of hydrogen-bond acceptors (Lipinski definition) is 3. The van der Waals surface area contributed by atoms with Gasteiger partial charge in [0, 0.05) is 21.8 Å². The Labute approximate surface area is 131 Å². The third kappa shape index (κ3) is 3.35. The van der Waals surface area contributed by atoms with Gasteiger partial charge in [0.05, 0.1) is 0 Å². The molecule has 0 amide bonds. The van der Waals surface area contributed by atoms with Gasteiger partial charge in [0.15, 0.2) is 0 Å². The van der Waals surface area contributed by atoms with Crippen molar-refractivity contribution in [2.45, 2.75) is 48.3 Å². The molecule has 2 fully saturated rings. The van der Waals surface area contributed by atoms with Crippen LogP contribution in [0.2, 0.25) is 0 Å². The zero-order valence-corrected chi connectivity index (χ0v) is 13.4. The topological polar surface area (TPSA) is 29.3 Å². The van der Waals surface area contributed by atoms with Crippen LogP contribution in [0.5, 0.6) is 0 Å². The van der Waals surface area contributed by atoms with Gasteiger partial charge >= 0.3 is 0 Å². The third-order valence-corrected chi connectivity index (χ3v) is 5.92. The Hall–Kier alpha value is -0.580. The van der Waals surface area contributed by atoms with Crippen molar-refractivity contribution in [2.75, 3.05) is 13.1 Å². The summed E-state index contributed by atoms with van der Waals surface area (Å²) < 4.78 is 0. The SMILES string of the molecule is NC(=S)c1ccc(SC2CC(N3CCCCC3)C2)cc1. The Morgan fingerprint density at radius 2 is 1.75 bits per heavy atom. The molecule has 2 N–H and O–H groups in total. The van der Waals surface area contributed by atoms with E-state index in [9.17, 15) is 0 Å². The van der Waals surface area contributed by atoms with E-state index in [1.807, 2.05) is 23.9 Å². The number of rotatable bonds is 4. The molecule has 1 saturated carbocycles. The van der Waals surface area contributed by atoms with E-state index >= 15 is 0 Å². The molecule has 4 heteroatoms. The maximum absolute atomic E-state index is 5.62. The van der Waals surface area contributed by atoms with Crippen LogP contribution in [-0.4, -0.2) is 34.3 Å². The van der Waals surface area contributed by atoms with Gasteiger partial charge in [-0.3, -0.25) is 0 Å². The fraction of sp³-hybridized carbons (Fsp3) is 0.562. The molecule has 1 aliphatic heterocycles. The van der Waals surface area contributed by atoms with Crippen LogP contribution < -0.4 is 5.73 Å². The van der Waals surface area contributed by atoms with Gasteiger partial charge in [0.2, 0.25) is 0 Å². The first-order chi connectivity index (χ1) is 9.72. The Kier molecular flexibility index (Phi) is 4.64. The van der Waals surface area contributed by atoms with Crippen molar-refractivity contribution in [2.24, 2.45) is 5.73 Å². The lowest BCUT2D eigenvalue weighted by atomic mass is 9.89. The number of thiocarbonyl (C=S) groups is 1. The van der Waals surface area contributed by atoms with Gasteiger partial charge in [0.1, 0.15) is 4.99 Å². The number of thioether (sulfide) groups is 1. The average Bonchev–Trinajstić information content (AvgIpc) is 2.44. The lowest BCUT2D eigenvalue weighted by molar-refractivity contribution is 0.109. The van der Waals surface area contributed by atoms with Crippen LogP contribution in [-0.2, 0) is 0 Å². The molecule has 3 rings (SSSR count). The molecule has 0 aromatic heterocycles. The van der Waals surface area contributed by atoms with Crippen LogP contribution in [0.25, 0.3) is 0 Å². The molecule has 1 aromatic carbocycles. The molecular formula is C16H22N2S2. The van der Waals surface area contributed by atoms with Crippen LogP contribution in [0, 0.1) is 0 Å². The highest BCUT2D eigenvalue weighted by Gasteiger charge is 2.34. The molecule has 0 bridgehead atoms. The molecule has 0 spiro atoms. The van der Waals surface area contributed by atoms with E-state index in [2.05, 4.69) is 17.0 Å². The second-order valence-corrected chi connectivity index (χ2v) is 7.66. The number of nitrogens with zero attached hydrogens (tertiary/aromatic N) is 1. The number of piperidine rings is 1. The minimum absolute atomic E-state index is 0.482. The van der Waals surface area contributed by atoms with E-state index in [0.717, 1.165) is 16.9 Å². The van der Waals surface area contributed by atoms with Crippen molar-refractivity contribution in [3.63, 3.8) is 0 Å². The van der Waals surface area contributed by atoms with E-state index in [4.69, 9.17) is 18.0 Å². The van der Waals surface area contributed by atoms with E-state index in [1.54, 1.807) is 0 Å². The van der Waals surface area contributed by atoms with Crippen LogP contribution in [0.4, 0.5) is 0 Å². The molecule has 0 unspecified atom stereocenters. The molecule has 2 nitrogen and oxygen atoms in total. The average molecular weight is 306 g/mol. The number of nitrogens with two attached hydrogens (primary N) is 1. The normalized spacial score (nSPS) is 27.0. The third-order valence-electron chi connectivity index (χ3n) is 4.42. The van der Waals surface area contributed by atoms with Gasteiger partial charge in [-0.05, 0) is 50.9 Å². The summed E-state index contributed by atoms with van der Waals surface area (Å²) >= 11 is 6.99. The number of hydrogen-bond donors (Lipinski definition) is 1. The minimum Gasteiger partial charge on any atom is -0.389 e. The summed E-state index contributed by atoms with van der Waals surface area (Å²) in [5.74, 6) is 0. The van der Waals surface area contributed by atoms with Gasteiger partial charge in [-0.1, -0.05) is 30.8 Å². The maximum Gasteiger partial charge on any atom is 0.103 e. The molecule has 1 aliphatic carbocycles. The predicted molar refractivity (Wildman–Crippen MR) is 90.4 cm³/mol. The van der Waals surface area contributed by atoms with Gasteiger partial charge < -0.3 is 10.6 Å². The quantitative estimate of drug-likeness (QED) is 0.863. The van der Waals surface area contributed by atoms with Crippen LogP contribution in [0.1, 0.15) is 37.7 Å². The zero-order valence-electron chi connectivity index (χ0n) is 11.8. The summed E-state index contributed by atoms with van der Waals surface area (Å²) in [6.07, 6.45) is 6.92. The summed E-state index contributed by atoms with van der Waals surface area (Å²) in [6, 6.07) is 9.21. The van der Waals surface area contributed by atoms with Gasteiger partial charge in [0.25, 0.3) is 0 Å². The van der Waals surface area contributed by atoms with Crippen LogP contribution >= 0.6 is 24.0 Å². The molecule has 20 heavy (non-hydrogen) atoms. The smallest absolute Gasteiger partial charge is 0.103 e. The van der Waals surface area contributed by atoms with E-state index in [1.165, 1.54) is 50.1 Å². The first kappa shape index (κ1) is 14.4. The molecule has 1 aromatic rings. The Morgan fingerprint density at radius 1 is 1.10 bits per heavy atom. The first-order valence-corrected chi connectivity index (χ1v) is 8.82. The first-order valence-electron chi connectivity index (χ1n) is 7.53. The van der Waals surface area contributed by atoms with Crippen molar-refractivity contribution in [3.8, 4) is 0 Å². The molecule has 1 heterocycles. The van der Waals surface area contributed by atoms with E-state index < -0.39 is 0 Å². The molecule has 108 valence electrons. The second kappa shape index (κ2) is 6.46. The second-order valence-electron chi connectivity index (χ2n) is 5.85. The minimum atomic E-state index is 0.482. The van der Waals surface area contributed by atoms with Crippen molar-refractivity contribution in [1.29, 1.82) is 0 Å². The molecule has 0 atom stereocenters. The fourth-order valence-electron chi connectivity index (χ4n) is 3.11. The van der Waals surface area contributed by atoms with Crippen molar-refractivity contribution < 1.29 is 0 Å².